The Balaban J connectivity index is 1.84. The Bertz CT molecular complexity index is 583. The molecule has 2 fully saturated rings. The van der Waals surface area contributed by atoms with E-state index in [9.17, 15) is 14.4 Å². The molecule has 2 aliphatic rings. The van der Waals surface area contributed by atoms with E-state index >= 15 is 0 Å². The van der Waals surface area contributed by atoms with Gasteiger partial charge in [-0.15, -0.1) is 0 Å². The van der Waals surface area contributed by atoms with Crippen molar-refractivity contribution < 1.29 is 19.5 Å². The van der Waals surface area contributed by atoms with Crippen molar-refractivity contribution in [2.45, 2.75) is 38.5 Å². The number of carbonyl (C=O) groups excluding carboxylic acids is 2. The number of aromatic carboxylic acids is 1. The summed E-state index contributed by atoms with van der Waals surface area (Å²) < 4.78 is 0. The van der Waals surface area contributed by atoms with Crippen molar-refractivity contribution in [3.8, 4) is 0 Å². The summed E-state index contributed by atoms with van der Waals surface area (Å²) in [6, 6.07) is 2.76. The molecule has 21 heavy (non-hydrogen) atoms. The van der Waals surface area contributed by atoms with E-state index in [1.807, 2.05) is 0 Å². The number of aromatic nitrogens is 1. The third-order valence-electron chi connectivity index (χ3n) is 4.44. The molecule has 1 aliphatic heterocycles. The van der Waals surface area contributed by atoms with Crippen molar-refractivity contribution in [2.24, 2.45) is 5.41 Å². The number of piperidine rings is 1. The van der Waals surface area contributed by atoms with Crippen LogP contribution in [-0.2, 0) is 9.59 Å². The number of anilines is 1. The molecule has 2 heterocycles. The summed E-state index contributed by atoms with van der Waals surface area (Å²) in [7, 11) is 0. The predicted molar refractivity (Wildman–Crippen MR) is 73.8 cm³/mol. The average molecular weight is 288 g/mol. The average Bonchev–Trinajstić information content (AvgIpc) is 2.86. The minimum atomic E-state index is -1.14. The quantitative estimate of drug-likeness (QED) is 0.841. The highest BCUT2D eigenvalue weighted by atomic mass is 16.4. The Labute approximate surface area is 121 Å². The third kappa shape index (κ3) is 2.41. The van der Waals surface area contributed by atoms with E-state index in [1.54, 1.807) is 0 Å². The summed E-state index contributed by atoms with van der Waals surface area (Å²) in [5.41, 5.74) is 0.102. The second-order valence-corrected chi connectivity index (χ2v) is 5.89. The Hall–Kier alpha value is -2.24. The minimum absolute atomic E-state index is 0.108. The zero-order valence-corrected chi connectivity index (χ0v) is 11.5. The van der Waals surface area contributed by atoms with Crippen LogP contribution in [0.1, 0.15) is 49.0 Å². The van der Waals surface area contributed by atoms with Crippen LogP contribution in [0, 0.1) is 5.41 Å². The number of amides is 2. The van der Waals surface area contributed by atoms with Crippen LogP contribution in [-0.4, -0.2) is 27.9 Å². The Morgan fingerprint density at radius 2 is 1.76 bits per heavy atom. The van der Waals surface area contributed by atoms with Crippen LogP contribution in [0.4, 0.5) is 5.69 Å². The largest absolute Gasteiger partial charge is 0.477 e. The van der Waals surface area contributed by atoms with E-state index in [0.29, 0.717) is 18.5 Å². The lowest BCUT2D eigenvalue weighted by atomic mass is 9.76. The third-order valence-corrected chi connectivity index (χ3v) is 4.44. The molecule has 0 atom stereocenters. The molecule has 1 saturated carbocycles. The maximum Gasteiger partial charge on any atom is 0.354 e. The summed E-state index contributed by atoms with van der Waals surface area (Å²) in [5.74, 6) is -1.56. The van der Waals surface area contributed by atoms with E-state index in [4.69, 9.17) is 5.11 Å². The highest BCUT2D eigenvalue weighted by molar-refractivity contribution is 6.17. The van der Waals surface area contributed by atoms with Gasteiger partial charge in [0.15, 0.2) is 0 Å². The summed E-state index contributed by atoms with van der Waals surface area (Å²) in [6.07, 6.45) is 6.08. The molecule has 1 aromatic heterocycles. The fourth-order valence-electron chi connectivity index (χ4n) is 3.41. The summed E-state index contributed by atoms with van der Waals surface area (Å²) >= 11 is 0. The van der Waals surface area contributed by atoms with Crippen LogP contribution in [0.25, 0.3) is 0 Å². The lowest BCUT2D eigenvalue weighted by molar-refractivity contribution is -0.133. The zero-order chi connectivity index (χ0) is 15.0. The summed E-state index contributed by atoms with van der Waals surface area (Å²) in [6.45, 7) is 0. The molecule has 0 aromatic carbocycles. The van der Waals surface area contributed by atoms with Crippen LogP contribution in [0.5, 0.6) is 0 Å². The molecular formula is C15H16N2O4. The monoisotopic (exact) mass is 288 g/mol. The van der Waals surface area contributed by atoms with Crippen LogP contribution in [0.3, 0.4) is 0 Å². The first-order valence-electron chi connectivity index (χ1n) is 7.06. The van der Waals surface area contributed by atoms with E-state index in [-0.39, 0.29) is 22.9 Å². The maximum atomic E-state index is 12.3. The molecule has 1 saturated heterocycles. The van der Waals surface area contributed by atoms with Crippen molar-refractivity contribution in [3.63, 3.8) is 0 Å². The van der Waals surface area contributed by atoms with Gasteiger partial charge in [0, 0.05) is 12.8 Å². The van der Waals surface area contributed by atoms with Gasteiger partial charge in [0.25, 0.3) is 0 Å². The fourth-order valence-corrected chi connectivity index (χ4v) is 3.41. The molecule has 110 valence electrons. The van der Waals surface area contributed by atoms with Crippen molar-refractivity contribution in [1.82, 2.24) is 4.98 Å². The number of rotatable bonds is 2. The second-order valence-electron chi connectivity index (χ2n) is 5.89. The van der Waals surface area contributed by atoms with Crippen LogP contribution >= 0.6 is 0 Å². The highest BCUT2D eigenvalue weighted by Crippen LogP contribution is 2.47. The molecule has 0 radical (unpaired) electrons. The number of carbonyl (C=O) groups is 3. The molecule has 2 amide bonds. The van der Waals surface area contributed by atoms with Gasteiger partial charge < -0.3 is 5.11 Å². The van der Waals surface area contributed by atoms with Crippen molar-refractivity contribution in [1.29, 1.82) is 0 Å². The standard InChI is InChI=1S/C15H16N2O4/c18-12-7-15(5-1-2-6-15)8-13(19)17(12)10-3-4-11(14(20)21)16-9-10/h3-4,9H,1-2,5-8H2,(H,20,21). The maximum absolute atomic E-state index is 12.3. The number of pyridine rings is 1. The Kier molecular flexibility index (Phi) is 3.23. The Morgan fingerprint density at radius 1 is 1.14 bits per heavy atom. The Morgan fingerprint density at radius 3 is 2.24 bits per heavy atom. The molecule has 1 aliphatic carbocycles. The molecule has 6 heteroatoms. The number of imide groups is 1. The topological polar surface area (TPSA) is 87.6 Å². The number of nitrogens with zero attached hydrogens (tertiary/aromatic N) is 2. The smallest absolute Gasteiger partial charge is 0.354 e. The van der Waals surface area contributed by atoms with Crippen LogP contribution in [0.15, 0.2) is 18.3 Å². The predicted octanol–water partition coefficient (Wildman–Crippen LogP) is 1.99. The van der Waals surface area contributed by atoms with Crippen molar-refractivity contribution >= 4 is 23.5 Å². The lowest BCUT2D eigenvalue weighted by Crippen LogP contribution is -2.47. The van der Waals surface area contributed by atoms with Gasteiger partial charge in [-0.25, -0.2) is 14.7 Å². The van der Waals surface area contributed by atoms with Gasteiger partial charge in [-0.3, -0.25) is 9.59 Å². The van der Waals surface area contributed by atoms with Gasteiger partial charge in [-0.05, 0) is 30.4 Å². The normalized spacial score (nSPS) is 21.0. The summed E-state index contributed by atoms with van der Waals surface area (Å²) in [4.78, 5) is 40.4. The number of carboxylic acids is 1. The number of hydrogen-bond donors (Lipinski definition) is 1. The van der Waals surface area contributed by atoms with Gasteiger partial charge in [-0.1, -0.05) is 12.8 Å². The fraction of sp³-hybridized carbons (Fsp3) is 0.467. The van der Waals surface area contributed by atoms with Gasteiger partial charge in [-0.2, -0.15) is 0 Å². The number of carboxylic acid groups (broad SMARTS) is 1. The first-order valence-corrected chi connectivity index (χ1v) is 7.06. The van der Waals surface area contributed by atoms with Crippen LogP contribution < -0.4 is 4.90 Å². The SMILES string of the molecule is O=C(O)c1ccc(N2C(=O)CC3(CCCC3)CC2=O)cn1. The van der Waals surface area contributed by atoms with Crippen molar-refractivity contribution in [3.05, 3.63) is 24.0 Å². The minimum Gasteiger partial charge on any atom is -0.477 e. The number of hydrogen-bond acceptors (Lipinski definition) is 4. The van der Waals surface area contributed by atoms with Gasteiger partial charge in [0.2, 0.25) is 11.8 Å². The van der Waals surface area contributed by atoms with Gasteiger partial charge in [0.05, 0.1) is 11.9 Å². The molecule has 1 N–H and O–H groups in total. The van der Waals surface area contributed by atoms with Crippen LogP contribution in [0.2, 0.25) is 0 Å². The second kappa shape index (κ2) is 4.95. The van der Waals surface area contributed by atoms with Crippen molar-refractivity contribution in [2.75, 3.05) is 4.90 Å². The molecule has 3 rings (SSSR count). The molecule has 0 unspecified atom stereocenters. The first kappa shape index (κ1) is 13.7. The van der Waals surface area contributed by atoms with E-state index in [0.717, 1.165) is 30.6 Å². The van der Waals surface area contributed by atoms with E-state index in [1.165, 1.54) is 18.3 Å². The summed E-state index contributed by atoms with van der Waals surface area (Å²) in [5, 5.41) is 8.82. The van der Waals surface area contributed by atoms with Gasteiger partial charge >= 0.3 is 5.97 Å². The lowest BCUT2D eigenvalue weighted by Gasteiger charge is -2.37. The highest BCUT2D eigenvalue weighted by Gasteiger charge is 2.45. The van der Waals surface area contributed by atoms with Gasteiger partial charge in [0.1, 0.15) is 5.69 Å². The molecule has 1 spiro atoms. The van der Waals surface area contributed by atoms with E-state index in [2.05, 4.69) is 4.98 Å². The molecule has 1 aromatic rings. The zero-order valence-electron chi connectivity index (χ0n) is 11.5. The first-order chi connectivity index (χ1) is 10.0. The van der Waals surface area contributed by atoms with E-state index < -0.39 is 5.97 Å². The molecule has 6 nitrogen and oxygen atoms in total. The molecular weight excluding hydrogens is 272 g/mol. The molecule has 0 bridgehead atoms.